The van der Waals surface area contributed by atoms with E-state index >= 15 is 0 Å². The van der Waals surface area contributed by atoms with E-state index in [1.807, 2.05) is 54.6 Å². The Morgan fingerprint density at radius 1 is 1.00 bits per heavy atom. The number of aliphatic hydroxyl groups is 1. The van der Waals surface area contributed by atoms with E-state index in [2.05, 4.69) is 9.97 Å². The molecule has 0 bridgehead atoms. The Bertz CT molecular complexity index is 964. The van der Waals surface area contributed by atoms with Crippen LogP contribution in [0.3, 0.4) is 0 Å². The van der Waals surface area contributed by atoms with Crippen LogP contribution in [-0.4, -0.2) is 15.1 Å². The second-order valence-corrected chi connectivity index (χ2v) is 4.95. The number of rotatable bonds is 2. The molecule has 1 N–H and O–H groups in total. The van der Waals surface area contributed by atoms with E-state index in [1.165, 1.54) is 6.33 Å². The molecule has 0 saturated heterocycles. The van der Waals surface area contributed by atoms with Gasteiger partial charge in [-0.3, -0.25) is 0 Å². The van der Waals surface area contributed by atoms with Crippen molar-refractivity contribution in [2.45, 2.75) is 0 Å². The molecule has 4 rings (SSSR count). The van der Waals surface area contributed by atoms with E-state index in [4.69, 9.17) is 4.42 Å². The highest BCUT2D eigenvalue weighted by Gasteiger charge is 2.09. The standard InChI is InChI=1S/C18H12N2O2/c21-16(18-9-12-5-1-4-8-17(12)22-18)10-15-13-6-2-3-7-14(13)19-11-20-15/h1-11,21H/b16-10+. The molecule has 4 heteroatoms. The molecule has 0 spiro atoms. The van der Waals surface area contributed by atoms with E-state index in [9.17, 15) is 5.11 Å². The Labute approximate surface area is 126 Å². The highest BCUT2D eigenvalue weighted by molar-refractivity contribution is 5.91. The number of hydrogen-bond donors (Lipinski definition) is 1. The molecule has 22 heavy (non-hydrogen) atoms. The maximum Gasteiger partial charge on any atom is 0.169 e. The first-order valence-corrected chi connectivity index (χ1v) is 6.90. The summed E-state index contributed by atoms with van der Waals surface area (Å²) in [6, 6.07) is 17.1. The Hall–Kier alpha value is -3.14. The fraction of sp³-hybridized carbons (Fsp3) is 0. The zero-order valence-corrected chi connectivity index (χ0v) is 11.6. The first-order valence-electron chi connectivity index (χ1n) is 6.90. The predicted molar refractivity (Wildman–Crippen MR) is 86.3 cm³/mol. The molecule has 0 amide bonds. The van der Waals surface area contributed by atoms with Crippen molar-refractivity contribution in [3.8, 4) is 0 Å². The minimum Gasteiger partial charge on any atom is -0.504 e. The molecular weight excluding hydrogens is 276 g/mol. The summed E-state index contributed by atoms with van der Waals surface area (Å²) in [6.45, 7) is 0. The fourth-order valence-electron chi connectivity index (χ4n) is 2.45. The minimum absolute atomic E-state index is 0.0417. The highest BCUT2D eigenvalue weighted by Crippen LogP contribution is 2.25. The van der Waals surface area contributed by atoms with Crippen molar-refractivity contribution < 1.29 is 9.52 Å². The van der Waals surface area contributed by atoms with Gasteiger partial charge in [-0.1, -0.05) is 36.4 Å². The quantitative estimate of drug-likeness (QED) is 0.554. The highest BCUT2D eigenvalue weighted by atomic mass is 16.4. The number of para-hydroxylation sites is 2. The van der Waals surface area contributed by atoms with Crippen molar-refractivity contribution in [2.24, 2.45) is 0 Å². The maximum absolute atomic E-state index is 10.3. The van der Waals surface area contributed by atoms with E-state index in [0.717, 1.165) is 21.9 Å². The van der Waals surface area contributed by atoms with Gasteiger partial charge in [0.25, 0.3) is 0 Å². The molecule has 0 fully saturated rings. The minimum atomic E-state index is 0.0417. The molecule has 2 aromatic heterocycles. The van der Waals surface area contributed by atoms with Crippen molar-refractivity contribution in [3.63, 3.8) is 0 Å². The third-order valence-corrected chi connectivity index (χ3v) is 3.53. The van der Waals surface area contributed by atoms with E-state index in [-0.39, 0.29) is 5.76 Å². The van der Waals surface area contributed by atoms with Crippen molar-refractivity contribution in [2.75, 3.05) is 0 Å². The normalized spacial score (nSPS) is 12.1. The molecule has 0 aliphatic heterocycles. The molecule has 0 aliphatic carbocycles. The lowest BCUT2D eigenvalue weighted by atomic mass is 10.1. The van der Waals surface area contributed by atoms with Crippen LogP contribution in [0, 0.1) is 0 Å². The van der Waals surface area contributed by atoms with Gasteiger partial charge in [-0.05, 0) is 18.2 Å². The van der Waals surface area contributed by atoms with Crippen LogP contribution in [0.5, 0.6) is 0 Å². The number of fused-ring (bicyclic) bond motifs is 2. The largest absolute Gasteiger partial charge is 0.504 e. The van der Waals surface area contributed by atoms with Crippen LogP contribution in [0.4, 0.5) is 0 Å². The molecule has 4 aromatic rings. The van der Waals surface area contributed by atoms with E-state index in [0.29, 0.717) is 11.5 Å². The molecule has 2 heterocycles. The summed E-state index contributed by atoms with van der Waals surface area (Å²) >= 11 is 0. The summed E-state index contributed by atoms with van der Waals surface area (Å²) in [5.74, 6) is 0.462. The smallest absolute Gasteiger partial charge is 0.169 e. The number of furan rings is 1. The van der Waals surface area contributed by atoms with Crippen molar-refractivity contribution >= 4 is 33.7 Å². The number of aromatic nitrogens is 2. The van der Waals surface area contributed by atoms with Crippen LogP contribution in [0.2, 0.25) is 0 Å². The Balaban J connectivity index is 1.83. The molecule has 0 aliphatic rings. The van der Waals surface area contributed by atoms with Crippen LogP contribution in [0.15, 0.2) is 65.3 Å². The van der Waals surface area contributed by atoms with E-state index in [1.54, 1.807) is 6.08 Å². The molecule has 0 atom stereocenters. The topological polar surface area (TPSA) is 59.2 Å². The van der Waals surface area contributed by atoms with Crippen LogP contribution in [0.1, 0.15) is 11.5 Å². The average Bonchev–Trinajstić information content (AvgIpc) is 2.99. The maximum atomic E-state index is 10.3. The monoisotopic (exact) mass is 288 g/mol. The van der Waals surface area contributed by atoms with Gasteiger partial charge in [-0.2, -0.15) is 0 Å². The number of benzene rings is 2. The third-order valence-electron chi connectivity index (χ3n) is 3.53. The summed E-state index contributed by atoms with van der Waals surface area (Å²) in [7, 11) is 0. The average molecular weight is 288 g/mol. The number of hydrogen-bond acceptors (Lipinski definition) is 4. The van der Waals surface area contributed by atoms with Gasteiger partial charge in [0.05, 0.1) is 11.2 Å². The van der Waals surface area contributed by atoms with Gasteiger partial charge in [0.1, 0.15) is 11.9 Å². The van der Waals surface area contributed by atoms with Gasteiger partial charge in [0, 0.05) is 16.8 Å². The first-order chi connectivity index (χ1) is 10.8. The molecule has 2 aromatic carbocycles. The summed E-state index contributed by atoms with van der Waals surface area (Å²) in [5, 5.41) is 12.2. The fourth-order valence-corrected chi connectivity index (χ4v) is 2.45. The van der Waals surface area contributed by atoms with Crippen molar-refractivity contribution in [3.05, 3.63) is 72.4 Å². The van der Waals surface area contributed by atoms with Crippen LogP contribution >= 0.6 is 0 Å². The van der Waals surface area contributed by atoms with E-state index < -0.39 is 0 Å². The summed E-state index contributed by atoms with van der Waals surface area (Å²) in [6.07, 6.45) is 3.09. The molecule has 0 unspecified atom stereocenters. The summed E-state index contributed by atoms with van der Waals surface area (Å²) < 4.78 is 5.65. The Morgan fingerprint density at radius 3 is 2.73 bits per heavy atom. The van der Waals surface area contributed by atoms with Crippen LogP contribution in [0.25, 0.3) is 33.7 Å². The van der Waals surface area contributed by atoms with Gasteiger partial charge in [-0.25, -0.2) is 9.97 Å². The van der Waals surface area contributed by atoms with Gasteiger partial charge >= 0.3 is 0 Å². The third kappa shape index (κ3) is 2.11. The van der Waals surface area contributed by atoms with Gasteiger partial charge < -0.3 is 9.52 Å². The second kappa shape index (κ2) is 5.00. The second-order valence-electron chi connectivity index (χ2n) is 4.95. The number of aliphatic hydroxyl groups excluding tert-OH is 1. The van der Waals surface area contributed by atoms with Crippen LogP contribution < -0.4 is 0 Å². The molecule has 106 valence electrons. The zero-order chi connectivity index (χ0) is 14.9. The lowest BCUT2D eigenvalue weighted by Gasteiger charge is -2.01. The molecule has 4 nitrogen and oxygen atoms in total. The number of nitrogens with zero attached hydrogens (tertiary/aromatic N) is 2. The lowest BCUT2D eigenvalue weighted by molar-refractivity contribution is 0.474. The van der Waals surface area contributed by atoms with Crippen molar-refractivity contribution in [1.82, 2.24) is 9.97 Å². The lowest BCUT2D eigenvalue weighted by Crippen LogP contribution is -1.88. The molecular formula is C18H12N2O2. The SMILES string of the molecule is O/C(=C/c1ncnc2ccccc12)c1cc2ccccc2o1. The zero-order valence-electron chi connectivity index (χ0n) is 11.6. The molecule has 0 radical (unpaired) electrons. The van der Waals surface area contributed by atoms with Gasteiger partial charge in [-0.15, -0.1) is 0 Å². The van der Waals surface area contributed by atoms with Crippen LogP contribution in [-0.2, 0) is 0 Å². The summed E-state index contributed by atoms with van der Waals surface area (Å²) in [4.78, 5) is 8.45. The molecule has 0 saturated carbocycles. The van der Waals surface area contributed by atoms with Crippen molar-refractivity contribution in [1.29, 1.82) is 0 Å². The first kappa shape index (κ1) is 12.6. The predicted octanol–water partition coefficient (Wildman–Crippen LogP) is 4.43. The Kier molecular flexibility index (Phi) is 2.86. The van der Waals surface area contributed by atoms with Gasteiger partial charge in [0.15, 0.2) is 11.5 Å². The Morgan fingerprint density at radius 2 is 1.82 bits per heavy atom. The summed E-state index contributed by atoms with van der Waals surface area (Å²) in [5.41, 5.74) is 2.23. The van der Waals surface area contributed by atoms with Gasteiger partial charge in [0.2, 0.25) is 0 Å².